The van der Waals surface area contributed by atoms with Crippen molar-refractivity contribution in [2.75, 3.05) is 19.7 Å². The summed E-state index contributed by atoms with van der Waals surface area (Å²) < 4.78 is 58.6. The van der Waals surface area contributed by atoms with E-state index in [1.54, 1.807) is 18.2 Å². The lowest BCUT2D eigenvalue weighted by molar-refractivity contribution is -0.137. The molecule has 0 aromatic heterocycles. The number of hydrogen-bond acceptors (Lipinski definition) is 5. The van der Waals surface area contributed by atoms with Crippen molar-refractivity contribution in [1.29, 1.82) is 0 Å². The maximum absolute atomic E-state index is 13.3. The monoisotopic (exact) mass is 516 g/mol. The van der Waals surface area contributed by atoms with Gasteiger partial charge < -0.3 is 14.7 Å². The van der Waals surface area contributed by atoms with E-state index in [0.29, 0.717) is 30.8 Å². The number of ether oxygens (including phenoxy) is 1. The highest BCUT2D eigenvalue weighted by molar-refractivity contribution is 6.01. The zero-order valence-electron chi connectivity index (χ0n) is 20.1. The minimum atomic E-state index is -4.45. The second-order valence-electron chi connectivity index (χ2n) is 9.02. The average Bonchev–Trinajstić information content (AvgIpc) is 3.33. The number of nitrogens with zero attached hydrogens (tertiary/aromatic N) is 2. The summed E-state index contributed by atoms with van der Waals surface area (Å²) in [6, 6.07) is 20.6. The number of aliphatic hydroxyl groups is 1. The van der Waals surface area contributed by atoms with E-state index in [-0.39, 0.29) is 31.6 Å². The van der Waals surface area contributed by atoms with Crippen LogP contribution in [-0.4, -0.2) is 47.6 Å². The lowest BCUT2D eigenvalue weighted by Gasteiger charge is -2.27. The van der Waals surface area contributed by atoms with Gasteiger partial charge in [-0.25, -0.2) is 4.39 Å². The molecule has 0 unspecified atom stereocenters. The summed E-state index contributed by atoms with van der Waals surface area (Å²) in [4.78, 5) is 7.41. The summed E-state index contributed by atoms with van der Waals surface area (Å²) in [7, 11) is 0. The van der Waals surface area contributed by atoms with Gasteiger partial charge in [0.15, 0.2) is 0 Å². The van der Waals surface area contributed by atoms with Gasteiger partial charge in [0.05, 0.1) is 30.6 Å². The van der Waals surface area contributed by atoms with Crippen LogP contribution in [0.25, 0.3) is 0 Å². The van der Waals surface area contributed by atoms with Crippen LogP contribution in [0, 0.1) is 5.82 Å². The van der Waals surface area contributed by atoms with Gasteiger partial charge in [-0.05, 0) is 34.9 Å². The summed E-state index contributed by atoms with van der Waals surface area (Å²) in [6.07, 6.45) is -5.24. The molecule has 37 heavy (non-hydrogen) atoms. The minimum Gasteiger partial charge on any atom is -0.390 e. The molecule has 0 amide bonds. The second kappa shape index (κ2) is 12.3. The van der Waals surface area contributed by atoms with Gasteiger partial charge >= 0.3 is 6.18 Å². The van der Waals surface area contributed by atoms with E-state index in [9.17, 15) is 22.7 Å². The summed E-state index contributed by atoms with van der Waals surface area (Å²) in [5, 5.41) is 14.8. The van der Waals surface area contributed by atoms with Gasteiger partial charge in [0.25, 0.3) is 0 Å². The molecule has 0 spiro atoms. The Bertz CT molecular complexity index is 1170. The smallest absolute Gasteiger partial charge is 0.390 e. The van der Waals surface area contributed by atoms with Crippen molar-refractivity contribution in [1.82, 2.24) is 4.90 Å². The van der Waals surface area contributed by atoms with Gasteiger partial charge in [-0.2, -0.15) is 13.2 Å². The minimum absolute atomic E-state index is 0.0663. The topological polar surface area (TPSA) is 54.3 Å². The van der Waals surface area contributed by atoms with Gasteiger partial charge in [0.2, 0.25) is 0 Å². The molecular weight excluding hydrogens is 488 g/mol. The van der Waals surface area contributed by atoms with Crippen molar-refractivity contribution < 1.29 is 32.2 Å². The number of rotatable bonds is 11. The molecule has 2 atom stereocenters. The van der Waals surface area contributed by atoms with Gasteiger partial charge in [0.1, 0.15) is 11.9 Å². The number of aliphatic hydroxyl groups excluding tert-OH is 1. The number of alkyl halides is 3. The third-order valence-corrected chi connectivity index (χ3v) is 5.92. The fourth-order valence-electron chi connectivity index (χ4n) is 4.17. The van der Waals surface area contributed by atoms with Gasteiger partial charge in [-0.3, -0.25) is 4.90 Å². The number of oxime groups is 1. The van der Waals surface area contributed by atoms with Crippen LogP contribution in [0.1, 0.15) is 28.7 Å². The van der Waals surface area contributed by atoms with E-state index < -0.39 is 17.8 Å². The molecule has 0 saturated carbocycles. The molecule has 9 heteroatoms. The Morgan fingerprint density at radius 3 is 2.46 bits per heavy atom. The molecule has 0 fully saturated rings. The third-order valence-electron chi connectivity index (χ3n) is 5.92. The Morgan fingerprint density at radius 2 is 1.73 bits per heavy atom. The first kappa shape index (κ1) is 26.8. The molecule has 3 aromatic carbocycles. The SMILES string of the molecule is O[C@@H](COCc1ccccc1)CN(Cc1cccc(C(F)(F)F)c1)C[C@H]1CC(c2ccc(F)cc2)=NO1. The Labute approximate surface area is 212 Å². The largest absolute Gasteiger partial charge is 0.416 e. The molecule has 4 rings (SSSR count). The van der Waals surface area contributed by atoms with E-state index in [2.05, 4.69) is 5.16 Å². The van der Waals surface area contributed by atoms with E-state index in [1.165, 1.54) is 18.2 Å². The fraction of sp³-hybridized carbons (Fsp3) is 0.321. The van der Waals surface area contributed by atoms with Crippen molar-refractivity contribution in [3.8, 4) is 0 Å². The molecular formula is C28H28F4N2O3. The van der Waals surface area contributed by atoms with Crippen molar-refractivity contribution in [2.45, 2.75) is 38.0 Å². The standard InChI is InChI=1S/C28H28F4N2O3/c29-24-11-9-22(10-12-24)27-14-26(37-33-27)17-34(15-21-7-4-8-23(13-21)28(30,31)32)16-25(35)19-36-18-20-5-2-1-3-6-20/h1-13,25-26,35H,14-19H2/t25-,26-/m1/s1. The van der Waals surface area contributed by atoms with E-state index in [1.807, 2.05) is 35.2 Å². The van der Waals surface area contributed by atoms with Gasteiger partial charge in [-0.15, -0.1) is 0 Å². The molecule has 196 valence electrons. The zero-order valence-corrected chi connectivity index (χ0v) is 20.1. The van der Waals surface area contributed by atoms with Gasteiger partial charge in [-0.1, -0.05) is 65.8 Å². The highest BCUT2D eigenvalue weighted by Gasteiger charge is 2.31. The van der Waals surface area contributed by atoms with Crippen molar-refractivity contribution in [3.63, 3.8) is 0 Å². The lowest BCUT2D eigenvalue weighted by Crippen LogP contribution is -2.39. The van der Waals surface area contributed by atoms with Crippen molar-refractivity contribution >= 4 is 5.71 Å². The molecule has 5 nitrogen and oxygen atoms in total. The van der Waals surface area contributed by atoms with Crippen molar-refractivity contribution in [2.24, 2.45) is 5.16 Å². The second-order valence-corrected chi connectivity index (χ2v) is 9.02. The Morgan fingerprint density at radius 1 is 1.00 bits per heavy atom. The van der Waals surface area contributed by atoms with Crippen molar-refractivity contribution in [3.05, 3.63) is 107 Å². The van der Waals surface area contributed by atoms with Crippen LogP contribution in [0.2, 0.25) is 0 Å². The predicted molar refractivity (Wildman–Crippen MR) is 131 cm³/mol. The summed E-state index contributed by atoms with van der Waals surface area (Å²) in [6.45, 7) is 1.06. The lowest BCUT2D eigenvalue weighted by atomic mass is 10.0. The van der Waals surface area contributed by atoms with E-state index in [4.69, 9.17) is 9.57 Å². The molecule has 3 aromatic rings. The fourth-order valence-corrected chi connectivity index (χ4v) is 4.17. The first-order valence-electron chi connectivity index (χ1n) is 11.9. The van der Waals surface area contributed by atoms with Crippen LogP contribution >= 0.6 is 0 Å². The van der Waals surface area contributed by atoms with Crippen LogP contribution in [0.3, 0.4) is 0 Å². The maximum Gasteiger partial charge on any atom is 0.416 e. The van der Waals surface area contributed by atoms with Gasteiger partial charge in [0, 0.05) is 26.1 Å². The Hall–Kier alpha value is -3.27. The molecule has 1 aliphatic heterocycles. The van der Waals surface area contributed by atoms with Crippen LogP contribution in [0.5, 0.6) is 0 Å². The molecule has 0 radical (unpaired) electrons. The zero-order chi connectivity index (χ0) is 26.3. The summed E-state index contributed by atoms with van der Waals surface area (Å²) in [5.41, 5.74) is 2.11. The molecule has 1 N–H and O–H groups in total. The van der Waals surface area contributed by atoms with E-state index >= 15 is 0 Å². The first-order chi connectivity index (χ1) is 17.8. The summed E-state index contributed by atoms with van der Waals surface area (Å²) in [5.74, 6) is -0.351. The predicted octanol–water partition coefficient (Wildman–Crippen LogP) is 5.42. The normalized spacial score (nSPS) is 16.5. The molecule has 1 aliphatic rings. The highest BCUT2D eigenvalue weighted by atomic mass is 19.4. The Balaban J connectivity index is 1.39. The van der Waals surface area contributed by atoms with Crippen LogP contribution < -0.4 is 0 Å². The van der Waals surface area contributed by atoms with E-state index in [0.717, 1.165) is 23.3 Å². The first-order valence-corrected chi connectivity index (χ1v) is 11.9. The molecule has 0 bridgehead atoms. The molecule has 1 heterocycles. The quantitative estimate of drug-likeness (QED) is 0.346. The number of halogens is 4. The number of benzene rings is 3. The average molecular weight is 517 g/mol. The van der Waals surface area contributed by atoms with Crippen LogP contribution in [0.15, 0.2) is 84.0 Å². The molecule has 0 aliphatic carbocycles. The Kier molecular flexibility index (Phi) is 8.91. The molecule has 0 saturated heterocycles. The van der Waals surface area contributed by atoms with Crippen LogP contribution in [-0.2, 0) is 28.9 Å². The summed E-state index contributed by atoms with van der Waals surface area (Å²) >= 11 is 0. The number of hydrogen-bond donors (Lipinski definition) is 1. The third kappa shape index (κ3) is 8.11. The highest BCUT2D eigenvalue weighted by Crippen LogP contribution is 2.30. The maximum atomic E-state index is 13.3. The van der Waals surface area contributed by atoms with Crippen LogP contribution in [0.4, 0.5) is 17.6 Å².